The second kappa shape index (κ2) is 6.98. The number of fused-ring (bicyclic) bond motifs is 1. The summed E-state index contributed by atoms with van der Waals surface area (Å²) in [4.78, 5) is 15.8. The highest BCUT2D eigenvalue weighted by Gasteiger charge is 2.29. The van der Waals surface area contributed by atoms with E-state index < -0.39 is 21.4 Å². The summed E-state index contributed by atoms with van der Waals surface area (Å²) in [5, 5.41) is 9.61. The summed E-state index contributed by atoms with van der Waals surface area (Å²) in [7, 11) is -3.87. The predicted octanol–water partition coefficient (Wildman–Crippen LogP) is 3.97. The highest BCUT2D eigenvalue weighted by atomic mass is 35.5. The minimum absolute atomic E-state index is 0.149. The molecule has 2 heterocycles. The molecule has 1 aromatic carbocycles. The van der Waals surface area contributed by atoms with Gasteiger partial charge < -0.3 is 5.11 Å². The fourth-order valence-electron chi connectivity index (χ4n) is 2.79. The topological polar surface area (TPSA) is 89.3 Å². The van der Waals surface area contributed by atoms with Gasteiger partial charge in [-0.25, -0.2) is 17.4 Å². The number of carboxylic acids is 1. The zero-order valence-corrected chi connectivity index (χ0v) is 16.5. The number of carboxylic acid groups (broad SMARTS) is 1. The maximum atomic E-state index is 13.3. The normalized spacial score (nSPS) is 12.4. The zero-order chi connectivity index (χ0) is 19.8. The minimum Gasteiger partial charge on any atom is -0.481 e. The molecule has 142 valence electrons. The lowest BCUT2D eigenvalue weighted by Gasteiger charge is -2.19. The van der Waals surface area contributed by atoms with Crippen molar-refractivity contribution in [3.05, 3.63) is 59.4 Å². The Morgan fingerprint density at radius 2 is 1.85 bits per heavy atom. The van der Waals surface area contributed by atoms with Gasteiger partial charge in [0, 0.05) is 5.69 Å². The van der Waals surface area contributed by atoms with Gasteiger partial charge in [-0.3, -0.25) is 4.79 Å². The van der Waals surface area contributed by atoms with Gasteiger partial charge in [-0.2, -0.15) is 0 Å². The molecule has 0 aliphatic carbocycles. The van der Waals surface area contributed by atoms with Gasteiger partial charge >= 0.3 is 5.97 Å². The molecule has 1 N–H and O–H groups in total. The van der Waals surface area contributed by atoms with Crippen LogP contribution >= 0.6 is 11.6 Å². The number of aliphatic carboxylic acids is 1. The Balaban J connectivity index is 2.16. The number of rotatable bonds is 6. The van der Waals surface area contributed by atoms with Crippen LogP contribution in [0.3, 0.4) is 0 Å². The van der Waals surface area contributed by atoms with Crippen LogP contribution in [0.5, 0.6) is 0 Å². The third-order valence-electron chi connectivity index (χ3n) is 4.52. The molecule has 8 heteroatoms. The van der Waals surface area contributed by atoms with Crippen molar-refractivity contribution < 1.29 is 18.3 Å². The number of aromatic nitrogens is 2. The van der Waals surface area contributed by atoms with E-state index in [4.69, 9.17) is 11.6 Å². The standard InChI is InChI=1S/C19H19ClN2O4S/c1-19(2,18(23)24)11-10-13-12-15-16(8-9-17(20)21-15)22(13)27(25,26)14-6-4-3-5-7-14/h3-9,12H,10-11H2,1-2H3,(H,23,24). The molecule has 0 bridgehead atoms. The van der Waals surface area contributed by atoms with Crippen molar-refractivity contribution in [1.29, 1.82) is 0 Å². The molecule has 0 saturated heterocycles. The van der Waals surface area contributed by atoms with Gasteiger partial charge in [0.2, 0.25) is 0 Å². The number of halogens is 1. The summed E-state index contributed by atoms with van der Waals surface area (Å²) in [5.41, 5.74) is 0.345. The highest BCUT2D eigenvalue weighted by Crippen LogP contribution is 2.29. The van der Waals surface area contributed by atoms with E-state index in [1.54, 1.807) is 44.2 Å². The third kappa shape index (κ3) is 3.70. The van der Waals surface area contributed by atoms with E-state index in [0.717, 1.165) is 0 Å². The van der Waals surface area contributed by atoms with Crippen LogP contribution in [-0.2, 0) is 21.2 Å². The van der Waals surface area contributed by atoms with E-state index >= 15 is 0 Å². The Morgan fingerprint density at radius 1 is 1.19 bits per heavy atom. The Bertz CT molecular complexity index is 1110. The summed E-state index contributed by atoms with van der Waals surface area (Å²) in [6, 6.07) is 12.9. The molecule has 2 aromatic heterocycles. The smallest absolute Gasteiger partial charge is 0.309 e. The number of pyridine rings is 1. The third-order valence-corrected chi connectivity index (χ3v) is 6.51. The first-order valence-corrected chi connectivity index (χ1v) is 10.2. The SMILES string of the molecule is CC(C)(CCc1cc2nc(Cl)ccc2n1S(=O)(=O)c1ccccc1)C(=O)O. The summed E-state index contributed by atoms with van der Waals surface area (Å²) in [5.74, 6) is -0.933. The summed E-state index contributed by atoms with van der Waals surface area (Å²) in [6.07, 6.45) is 0.538. The minimum atomic E-state index is -3.87. The lowest BCUT2D eigenvalue weighted by molar-refractivity contribution is -0.147. The molecule has 3 aromatic rings. The monoisotopic (exact) mass is 406 g/mol. The predicted molar refractivity (Wildman–Crippen MR) is 104 cm³/mol. The second-order valence-electron chi connectivity index (χ2n) is 6.95. The first kappa shape index (κ1) is 19.4. The average molecular weight is 407 g/mol. The van der Waals surface area contributed by atoms with Gasteiger partial charge in [0.05, 0.1) is 21.3 Å². The number of carbonyl (C=O) groups is 1. The van der Waals surface area contributed by atoms with Crippen LogP contribution in [0.1, 0.15) is 26.0 Å². The summed E-state index contributed by atoms with van der Waals surface area (Å²) in [6.45, 7) is 3.23. The van der Waals surface area contributed by atoms with E-state index in [1.807, 2.05) is 0 Å². The van der Waals surface area contributed by atoms with E-state index in [-0.39, 0.29) is 22.9 Å². The maximum Gasteiger partial charge on any atom is 0.309 e. The molecule has 0 atom stereocenters. The second-order valence-corrected chi connectivity index (χ2v) is 9.12. The molecule has 6 nitrogen and oxygen atoms in total. The maximum absolute atomic E-state index is 13.3. The Morgan fingerprint density at radius 3 is 2.48 bits per heavy atom. The molecule has 0 fully saturated rings. The number of nitrogens with zero attached hydrogens (tertiary/aromatic N) is 2. The van der Waals surface area contributed by atoms with Crippen LogP contribution in [0.15, 0.2) is 53.4 Å². The number of aryl methyl sites for hydroxylation is 1. The van der Waals surface area contributed by atoms with Crippen molar-refractivity contribution in [2.75, 3.05) is 0 Å². The number of hydrogen-bond acceptors (Lipinski definition) is 4. The van der Waals surface area contributed by atoms with E-state index in [0.29, 0.717) is 16.7 Å². The first-order valence-electron chi connectivity index (χ1n) is 8.34. The van der Waals surface area contributed by atoms with Gasteiger partial charge in [-0.1, -0.05) is 29.8 Å². The van der Waals surface area contributed by atoms with Crippen molar-refractivity contribution in [3.8, 4) is 0 Å². The fourth-order valence-corrected chi connectivity index (χ4v) is 4.53. The van der Waals surface area contributed by atoms with Crippen molar-refractivity contribution in [1.82, 2.24) is 8.96 Å². The lowest BCUT2D eigenvalue weighted by Crippen LogP contribution is -2.25. The van der Waals surface area contributed by atoms with Crippen LogP contribution in [0.4, 0.5) is 0 Å². The molecular weight excluding hydrogens is 388 g/mol. The molecule has 0 saturated carbocycles. The molecule has 27 heavy (non-hydrogen) atoms. The van der Waals surface area contributed by atoms with Crippen LogP contribution in [-0.4, -0.2) is 28.5 Å². The molecule has 0 aliphatic heterocycles. The quantitative estimate of drug-likeness (QED) is 0.625. The molecule has 0 aliphatic rings. The van der Waals surface area contributed by atoms with Gasteiger partial charge in [-0.05, 0) is 57.0 Å². The molecule has 3 rings (SSSR count). The lowest BCUT2D eigenvalue weighted by atomic mass is 9.87. The number of hydrogen-bond donors (Lipinski definition) is 1. The Kier molecular flexibility index (Phi) is 5.01. The molecular formula is C19H19ClN2O4S. The van der Waals surface area contributed by atoms with Gasteiger partial charge in [0.15, 0.2) is 0 Å². The van der Waals surface area contributed by atoms with Crippen LogP contribution < -0.4 is 0 Å². The van der Waals surface area contributed by atoms with Gasteiger partial charge in [-0.15, -0.1) is 0 Å². The average Bonchev–Trinajstić information content (AvgIpc) is 2.99. The van der Waals surface area contributed by atoms with E-state index in [9.17, 15) is 18.3 Å². The van der Waals surface area contributed by atoms with Gasteiger partial charge in [0.25, 0.3) is 10.0 Å². The van der Waals surface area contributed by atoms with Crippen LogP contribution in [0, 0.1) is 5.41 Å². The fraction of sp³-hybridized carbons (Fsp3) is 0.263. The van der Waals surface area contributed by atoms with Crippen molar-refractivity contribution in [2.24, 2.45) is 5.41 Å². The van der Waals surface area contributed by atoms with Gasteiger partial charge in [0.1, 0.15) is 5.15 Å². The first-order chi connectivity index (χ1) is 12.6. The molecule has 0 unspecified atom stereocenters. The van der Waals surface area contributed by atoms with Crippen molar-refractivity contribution in [2.45, 2.75) is 31.6 Å². The molecule has 0 radical (unpaired) electrons. The van der Waals surface area contributed by atoms with Crippen LogP contribution in [0.25, 0.3) is 11.0 Å². The summed E-state index contributed by atoms with van der Waals surface area (Å²) < 4.78 is 27.8. The van der Waals surface area contributed by atoms with Crippen molar-refractivity contribution in [3.63, 3.8) is 0 Å². The Hall–Kier alpha value is -2.38. The van der Waals surface area contributed by atoms with E-state index in [1.165, 1.54) is 22.2 Å². The van der Waals surface area contributed by atoms with E-state index in [2.05, 4.69) is 4.98 Å². The van der Waals surface area contributed by atoms with Crippen LogP contribution in [0.2, 0.25) is 5.15 Å². The molecule has 0 spiro atoms. The number of benzene rings is 1. The molecule has 0 amide bonds. The van der Waals surface area contributed by atoms with Crippen molar-refractivity contribution >= 4 is 38.6 Å². The largest absolute Gasteiger partial charge is 0.481 e. The zero-order valence-electron chi connectivity index (χ0n) is 14.9. The summed E-state index contributed by atoms with van der Waals surface area (Å²) >= 11 is 5.96. The Labute approximate surface area is 162 Å². The highest BCUT2D eigenvalue weighted by molar-refractivity contribution is 7.90.